The Morgan fingerprint density at radius 2 is 2.33 bits per heavy atom. The van der Waals surface area contributed by atoms with Crippen LogP contribution in [0.3, 0.4) is 0 Å². The molecule has 18 heavy (non-hydrogen) atoms. The number of piperidine rings is 1. The lowest BCUT2D eigenvalue weighted by Crippen LogP contribution is -2.35. The average Bonchev–Trinajstić information content (AvgIpc) is 2.32. The molecule has 0 aromatic carbocycles. The zero-order valence-corrected chi connectivity index (χ0v) is 10.7. The lowest BCUT2D eigenvalue weighted by molar-refractivity contribution is 0.404. The van der Waals surface area contributed by atoms with Gasteiger partial charge in [0.15, 0.2) is 0 Å². The van der Waals surface area contributed by atoms with E-state index in [2.05, 4.69) is 15.0 Å². The summed E-state index contributed by atoms with van der Waals surface area (Å²) in [5.74, 6) is -0.148. The van der Waals surface area contributed by atoms with Gasteiger partial charge in [-0.1, -0.05) is 0 Å². The molecule has 1 fully saturated rings. The van der Waals surface area contributed by atoms with E-state index in [1.54, 1.807) is 0 Å². The number of rotatable bonds is 4. The molecule has 1 aliphatic heterocycles. The van der Waals surface area contributed by atoms with Gasteiger partial charge in [-0.25, -0.2) is 17.8 Å². The van der Waals surface area contributed by atoms with Crippen molar-refractivity contribution in [1.82, 2.24) is 10.3 Å². The standard InChI is InChI=1S/C11H16FN3O2S/c12-10-3-4-11(14-7-10)15-18(16,17)8-9-2-1-5-13-6-9/h3-4,7,9,13H,1-2,5-6,8H2,(H,14,15). The second kappa shape index (κ2) is 5.62. The van der Waals surface area contributed by atoms with Crippen molar-refractivity contribution in [2.24, 2.45) is 5.92 Å². The van der Waals surface area contributed by atoms with E-state index in [1.807, 2.05) is 0 Å². The lowest BCUT2D eigenvalue weighted by Gasteiger charge is -2.22. The molecule has 1 aromatic rings. The first-order valence-electron chi connectivity index (χ1n) is 5.88. The van der Waals surface area contributed by atoms with Crippen LogP contribution in [-0.2, 0) is 10.0 Å². The molecule has 1 unspecified atom stereocenters. The molecule has 7 heteroatoms. The third-order valence-electron chi connectivity index (χ3n) is 2.84. The maximum atomic E-state index is 12.6. The Bertz CT molecular complexity index is 484. The molecule has 0 spiro atoms. The van der Waals surface area contributed by atoms with E-state index < -0.39 is 15.8 Å². The molecule has 2 heterocycles. The van der Waals surface area contributed by atoms with Gasteiger partial charge in [-0.05, 0) is 44.0 Å². The smallest absolute Gasteiger partial charge is 0.234 e. The Labute approximate surface area is 106 Å². The molecule has 5 nitrogen and oxygen atoms in total. The van der Waals surface area contributed by atoms with E-state index >= 15 is 0 Å². The highest BCUT2D eigenvalue weighted by Crippen LogP contribution is 2.14. The fourth-order valence-electron chi connectivity index (χ4n) is 2.01. The van der Waals surface area contributed by atoms with Crippen LogP contribution in [0.2, 0.25) is 0 Å². The normalized spacial score (nSPS) is 20.6. The van der Waals surface area contributed by atoms with Crippen LogP contribution in [0.15, 0.2) is 18.3 Å². The Morgan fingerprint density at radius 3 is 2.94 bits per heavy atom. The molecule has 1 atom stereocenters. The lowest BCUT2D eigenvalue weighted by atomic mass is 10.0. The first-order valence-corrected chi connectivity index (χ1v) is 7.53. The predicted octanol–water partition coefficient (Wildman–Crippen LogP) is 0.962. The van der Waals surface area contributed by atoms with Gasteiger partial charge in [0.05, 0.1) is 11.9 Å². The molecule has 100 valence electrons. The summed E-state index contributed by atoms with van der Waals surface area (Å²) in [5.41, 5.74) is 0. The molecule has 1 aliphatic rings. The molecule has 0 bridgehead atoms. The van der Waals surface area contributed by atoms with Crippen molar-refractivity contribution in [2.75, 3.05) is 23.6 Å². The molecule has 0 aliphatic carbocycles. The van der Waals surface area contributed by atoms with Gasteiger partial charge in [-0.3, -0.25) is 4.72 Å². The van der Waals surface area contributed by atoms with Gasteiger partial charge in [0.1, 0.15) is 11.6 Å². The summed E-state index contributed by atoms with van der Waals surface area (Å²) in [7, 11) is -3.42. The van der Waals surface area contributed by atoms with E-state index in [1.165, 1.54) is 12.1 Å². The summed E-state index contributed by atoms with van der Waals surface area (Å²) in [5, 5.41) is 3.17. The van der Waals surface area contributed by atoms with Gasteiger partial charge in [-0.2, -0.15) is 0 Å². The van der Waals surface area contributed by atoms with Crippen molar-refractivity contribution in [1.29, 1.82) is 0 Å². The Morgan fingerprint density at radius 1 is 1.50 bits per heavy atom. The van der Waals surface area contributed by atoms with E-state index in [0.29, 0.717) is 0 Å². The van der Waals surface area contributed by atoms with E-state index in [-0.39, 0.29) is 17.5 Å². The minimum atomic E-state index is -3.42. The Balaban J connectivity index is 1.96. The summed E-state index contributed by atoms with van der Waals surface area (Å²) < 4.78 is 38.8. The fourth-order valence-corrected chi connectivity index (χ4v) is 3.44. The molecule has 2 rings (SSSR count). The summed E-state index contributed by atoms with van der Waals surface area (Å²) in [6, 6.07) is 2.49. The van der Waals surface area contributed by atoms with E-state index in [9.17, 15) is 12.8 Å². The number of hydrogen-bond donors (Lipinski definition) is 2. The predicted molar refractivity (Wildman–Crippen MR) is 67.2 cm³/mol. The molecule has 0 saturated carbocycles. The van der Waals surface area contributed by atoms with Crippen molar-refractivity contribution < 1.29 is 12.8 Å². The number of nitrogens with one attached hydrogen (secondary N) is 2. The van der Waals surface area contributed by atoms with Crippen molar-refractivity contribution >= 4 is 15.8 Å². The van der Waals surface area contributed by atoms with Crippen LogP contribution in [0.1, 0.15) is 12.8 Å². The summed E-state index contributed by atoms with van der Waals surface area (Å²) >= 11 is 0. The van der Waals surface area contributed by atoms with E-state index in [4.69, 9.17) is 0 Å². The van der Waals surface area contributed by atoms with Crippen molar-refractivity contribution in [3.05, 3.63) is 24.1 Å². The van der Waals surface area contributed by atoms with Crippen LogP contribution in [0.25, 0.3) is 0 Å². The molecular formula is C11H16FN3O2S. The van der Waals surface area contributed by atoms with Crippen molar-refractivity contribution in [2.45, 2.75) is 12.8 Å². The minimum Gasteiger partial charge on any atom is -0.316 e. The van der Waals surface area contributed by atoms with Gasteiger partial charge in [0.2, 0.25) is 10.0 Å². The van der Waals surface area contributed by atoms with Crippen molar-refractivity contribution in [3.8, 4) is 0 Å². The molecule has 0 radical (unpaired) electrons. The van der Waals surface area contributed by atoms with Gasteiger partial charge < -0.3 is 5.32 Å². The second-order valence-corrected chi connectivity index (χ2v) is 6.22. The van der Waals surface area contributed by atoms with Gasteiger partial charge in [-0.15, -0.1) is 0 Å². The summed E-state index contributed by atoms with van der Waals surface area (Å²) in [4.78, 5) is 3.68. The fraction of sp³-hybridized carbons (Fsp3) is 0.545. The molecular weight excluding hydrogens is 257 g/mol. The third-order valence-corrected chi connectivity index (χ3v) is 4.27. The Hall–Kier alpha value is -1.21. The topological polar surface area (TPSA) is 71.1 Å². The number of anilines is 1. The first-order chi connectivity index (χ1) is 8.55. The van der Waals surface area contributed by atoms with E-state index in [0.717, 1.165) is 32.1 Å². The van der Waals surface area contributed by atoms with Crippen LogP contribution in [0.5, 0.6) is 0 Å². The van der Waals surface area contributed by atoms with Crippen LogP contribution in [0, 0.1) is 11.7 Å². The number of halogens is 1. The highest BCUT2D eigenvalue weighted by Gasteiger charge is 2.21. The van der Waals surface area contributed by atoms with Crippen molar-refractivity contribution in [3.63, 3.8) is 0 Å². The number of pyridine rings is 1. The second-order valence-electron chi connectivity index (χ2n) is 4.46. The largest absolute Gasteiger partial charge is 0.316 e. The molecule has 1 saturated heterocycles. The minimum absolute atomic E-state index is 0.0685. The highest BCUT2D eigenvalue weighted by molar-refractivity contribution is 7.92. The first kappa shape index (κ1) is 13.2. The molecule has 2 N–H and O–H groups in total. The van der Waals surface area contributed by atoms with Gasteiger partial charge in [0, 0.05) is 0 Å². The zero-order valence-electron chi connectivity index (χ0n) is 9.89. The zero-order chi connectivity index (χ0) is 13.0. The van der Waals surface area contributed by atoms with Crippen LogP contribution in [0.4, 0.5) is 10.2 Å². The summed E-state index contributed by atoms with van der Waals surface area (Å²) in [6.45, 7) is 1.67. The maximum absolute atomic E-state index is 12.6. The quantitative estimate of drug-likeness (QED) is 0.857. The molecule has 1 aromatic heterocycles. The Kier molecular flexibility index (Phi) is 4.13. The van der Waals surface area contributed by atoms with Crippen LogP contribution < -0.4 is 10.0 Å². The summed E-state index contributed by atoms with van der Waals surface area (Å²) in [6.07, 6.45) is 2.89. The maximum Gasteiger partial charge on any atom is 0.234 e. The third kappa shape index (κ3) is 3.92. The van der Waals surface area contributed by atoms with Crippen LogP contribution >= 0.6 is 0 Å². The van der Waals surface area contributed by atoms with Crippen LogP contribution in [-0.4, -0.2) is 32.2 Å². The number of aromatic nitrogens is 1. The highest BCUT2D eigenvalue weighted by atomic mass is 32.2. The monoisotopic (exact) mass is 273 g/mol. The van der Waals surface area contributed by atoms with Gasteiger partial charge >= 0.3 is 0 Å². The number of hydrogen-bond acceptors (Lipinski definition) is 4. The number of nitrogens with zero attached hydrogens (tertiary/aromatic N) is 1. The molecule has 0 amide bonds. The van der Waals surface area contributed by atoms with Gasteiger partial charge in [0.25, 0.3) is 0 Å². The average molecular weight is 273 g/mol. The number of sulfonamides is 1. The SMILES string of the molecule is O=S(=O)(CC1CCCNC1)Nc1ccc(F)cn1.